The van der Waals surface area contributed by atoms with Crippen molar-refractivity contribution in [3.63, 3.8) is 0 Å². The molecule has 0 aromatic heterocycles. The summed E-state index contributed by atoms with van der Waals surface area (Å²) in [6.45, 7) is 3.62. The highest BCUT2D eigenvalue weighted by atomic mass is 16.7. The summed E-state index contributed by atoms with van der Waals surface area (Å²) in [5.41, 5.74) is 1.77. The highest BCUT2D eigenvalue weighted by molar-refractivity contribution is 5.83. The van der Waals surface area contributed by atoms with Crippen molar-refractivity contribution in [1.29, 1.82) is 0 Å². The van der Waals surface area contributed by atoms with Crippen molar-refractivity contribution in [2.75, 3.05) is 13.4 Å². The first-order valence-corrected chi connectivity index (χ1v) is 8.57. The number of rotatable bonds is 7. The number of benzene rings is 2. The molecule has 27 heavy (non-hydrogen) atoms. The first-order chi connectivity index (χ1) is 13.0. The van der Waals surface area contributed by atoms with Crippen molar-refractivity contribution >= 4 is 11.9 Å². The van der Waals surface area contributed by atoms with E-state index in [4.69, 9.17) is 18.9 Å². The Labute approximate surface area is 157 Å². The van der Waals surface area contributed by atoms with Gasteiger partial charge in [0.25, 0.3) is 5.91 Å². The van der Waals surface area contributed by atoms with Gasteiger partial charge in [-0.15, -0.1) is 0 Å². The van der Waals surface area contributed by atoms with Gasteiger partial charge in [-0.05, 0) is 43.2 Å². The van der Waals surface area contributed by atoms with E-state index in [2.05, 4.69) is 5.32 Å². The van der Waals surface area contributed by atoms with Gasteiger partial charge < -0.3 is 24.3 Å². The third kappa shape index (κ3) is 4.91. The number of nitrogens with one attached hydrogen (secondary N) is 1. The molecule has 2 aromatic rings. The van der Waals surface area contributed by atoms with Crippen LogP contribution in [0.3, 0.4) is 0 Å². The van der Waals surface area contributed by atoms with Crippen molar-refractivity contribution in [3.05, 3.63) is 53.6 Å². The number of fused-ring (bicyclic) bond motifs is 1. The Hall–Kier alpha value is -3.22. The van der Waals surface area contributed by atoms with Gasteiger partial charge in [-0.1, -0.05) is 24.3 Å². The van der Waals surface area contributed by atoms with Crippen molar-refractivity contribution in [2.24, 2.45) is 0 Å². The molecule has 0 aliphatic carbocycles. The summed E-state index contributed by atoms with van der Waals surface area (Å²) in [4.78, 5) is 24.0. The molecule has 1 aliphatic heterocycles. The number of hydrogen-bond acceptors (Lipinski definition) is 6. The largest absolute Gasteiger partial charge is 0.482 e. The molecule has 0 radical (unpaired) electrons. The molecule has 2 aromatic carbocycles. The maximum absolute atomic E-state index is 12.1. The summed E-state index contributed by atoms with van der Waals surface area (Å²) >= 11 is 0. The molecular weight excluding hydrogens is 350 g/mol. The van der Waals surface area contributed by atoms with E-state index in [1.807, 2.05) is 31.2 Å². The Morgan fingerprint density at radius 3 is 2.74 bits per heavy atom. The molecule has 0 unspecified atom stereocenters. The second-order valence-corrected chi connectivity index (χ2v) is 6.09. The molecule has 7 nitrogen and oxygen atoms in total. The second-order valence-electron chi connectivity index (χ2n) is 6.09. The summed E-state index contributed by atoms with van der Waals surface area (Å²) < 4.78 is 21.1. The Balaban J connectivity index is 1.43. The van der Waals surface area contributed by atoms with Gasteiger partial charge >= 0.3 is 5.97 Å². The van der Waals surface area contributed by atoms with E-state index in [9.17, 15) is 9.59 Å². The monoisotopic (exact) mass is 371 g/mol. The minimum absolute atomic E-state index is 0.197. The van der Waals surface area contributed by atoms with Crippen LogP contribution in [0.25, 0.3) is 0 Å². The zero-order valence-electron chi connectivity index (χ0n) is 15.2. The van der Waals surface area contributed by atoms with Crippen LogP contribution in [-0.2, 0) is 20.9 Å². The van der Waals surface area contributed by atoms with E-state index in [-0.39, 0.29) is 19.9 Å². The fourth-order valence-corrected chi connectivity index (χ4v) is 2.52. The number of hydrogen-bond donors (Lipinski definition) is 1. The number of esters is 1. The van der Waals surface area contributed by atoms with Crippen molar-refractivity contribution in [2.45, 2.75) is 26.5 Å². The van der Waals surface area contributed by atoms with Crippen LogP contribution < -0.4 is 19.5 Å². The van der Waals surface area contributed by atoms with Gasteiger partial charge in [-0.2, -0.15) is 0 Å². The quantitative estimate of drug-likeness (QED) is 0.753. The molecule has 0 spiro atoms. The fourth-order valence-electron chi connectivity index (χ4n) is 2.52. The maximum atomic E-state index is 12.1. The second kappa shape index (κ2) is 8.44. The fraction of sp³-hybridized carbons (Fsp3) is 0.300. The van der Waals surface area contributed by atoms with Gasteiger partial charge in [0.15, 0.2) is 24.2 Å². The first kappa shape index (κ1) is 18.6. The SMILES string of the molecule is Cc1ccccc1OCC(=O)O[C@H](C)C(=O)NCc1ccc2c(c1)OCO2. The van der Waals surface area contributed by atoms with Crippen LogP contribution >= 0.6 is 0 Å². The molecule has 7 heteroatoms. The highest BCUT2D eigenvalue weighted by Gasteiger charge is 2.19. The van der Waals surface area contributed by atoms with Crippen molar-refractivity contribution < 1.29 is 28.5 Å². The molecule has 0 saturated heterocycles. The Kier molecular flexibility index (Phi) is 5.80. The Morgan fingerprint density at radius 2 is 1.93 bits per heavy atom. The minimum Gasteiger partial charge on any atom is -0.482 e. The van der Waals surface area contributed by atoms with E-state index in [0.717, 1.165) is 11.1 Å². The van der Waals surface area contributed by atoms with Crippen LogP contribution in [0.2, 0.25) is 0 Å². The molecule has 1 N–H and O–H groups in total. The van der Waals surface area contributed by atoms with E-state index in [1.54, 1.807) is 18.2 Å². The normalized spacial score (nSPS) is 13.0. The molecule has 3 rings (SSSR count). The molecule has 1 amide bonds. The minimum atomic E-state index is -0.924. The summed E-state index contributed by atoms with van der Waals surface area (Å²) in [6, 6.07) is 12.8. The lowest BCUT2D eigenvalue weighted by molar-refractivity contribution is -0.156. The zero-order chi connectivity index (χ0) is 19.2. The summed E-state index contributed by atoms with van der Waals surface area (Å²) in [7, 11) is 0. The average Bonchev–Trinajstić information content (AvgIpc) is 3.13. The molecule has 0 bridgehead atoms. The van der Waals surface area contributed by atoms with Crippen LogP contribution in [0.4, 0.5) is 0 Å². The number of amides is 1. The predicted octanol–water partition coefficient (Wildman–Crippen LogP) is 2.35. The van der Waals surface area contributed by atoms with Crippen LogP contribution in [-0.4, -0.2) is 31.4 Å². The molecule has 1 aliphatic rings. The Morgan fingerprint density at radius 1 is 1.15 bits per heavy atom. The van der Waals surface area contributed by atoms with Crippen molar-refractivity contribution in [1.82, 2.24) is 5.32 Å². The van der Waals surface area contributed by atoms with Crippen LogP contribution in [0.5, 0.6) is 17.2 Å². The molecule has 1 atom stereocenters. The molecule has 1 heterocycles. The topological polar surface area (TPSA) is 83.1 Å². The van der Waals surface area contributed by atoms with Gasteiger partial charge in [0.1, 0.15) is 5.75 Å². The van der Waals surface area contributed by atoms with Crippen molar-refractivity contribution in [3.8, 4) is 17.2 Å². The van der Waals surface area contributed by atoms with E-state index < -0.39 is 18.0 Å². The Bertz CT molecular complexity index is 835. The highest BCUT2D eigenvalue weighted by Crippen LogP contribution is 2.32. The van der Waals surface area contributed by atoms with Gasteiger partial charge in [0.2, 0.25) is 6.79 Å². The van der Waals surface area contributed by atoms with Gasteiger partial charge in [-0.3, -0.25) is 4.79 Å². The van der Waals surface area contributed by atoms with Crippen LogP contribution in [0.15, 0.2) is 42.5 Å². The number of carbonyl (C=O) groups is 2. The molecular formula is C20H21NO6. The predicted molar refractivity (Wildman–Crippen MR) is 96.6 cm³/mol. The van der Waals surface area contributed by atoms with Gasteiger partial charge in [0, 0.05) is 6.54 Å². The number of carbonyl (C=O) groups excluding carboxylic acids is 2. The standard InChI is InChI=1S/C20H21NO6/c1-13-5-3-4-6-16(13)24-11-19(22)27-14(2)20(23)21-10-15-7-8-17-18(9-15)26-12-25-17/h3-9,14H,10-12H2,1-2H3,(H,21,23)/t14-/m1/s1. The zero-order valence-corrected chi connectivity index (χ0v) is 15.2. The lowest BCUT2D eigenvalue weighted by Crippen LogP contribution is -2.36. The maximum Gasteiger partial charge on any atom is 0.344 e. The molecule has 0 fully saturated rings. The lowest BCUT2D eigenvalue weighted by atomic mass is 10.2. The number of aryl methyl sites for hydroxylation is 1. The van der Waals surface area contributed by atoms with E-state index in [1.165, 1.54) is 6.92 Å². The summed E-state index contributed by atoms with van der Waals surface area (Å²) in [5.74, 6) is 0.936. The third-order valence-corrected chi connectivity index (χ3v) is 4.02. The molecule has 142 valence electrons. The third-order valence-electron chi connectivity index (χ3n) is 4.02. The lowest BCUT2D eigenvalue weighted by Gasteiger charge is -2.14. The smallest absolute Gasteiger partial charge is 0.344 e. The first-order valence-electron chi connectivity index (χ1n) is 8.57. The number of ether oxygens (including phenoxy) is 4. The van der Waals surface area contributed by atoms with Gasteiger partial charge in [-0.25, -0.2) is 4.79 Å². The van der Waals surface area contributed by atoms with E-state index in [0.29, 0.717) is 17.2 Å². The van der Waals surface area contributed by atoms with E-state index >= 15 is 0 Å². The number of para-hydroxylation sites is 1. The van der Waals surface area contributed by atoms with Crippen LogP contribution in [0, 0.1) is 6.92 Å². The average molecular weight is 371 g/mol. The summed E-state index contributed by atoms with van der Waals surface area (Å²) in [6.07, 6.45) is -0.924. The molecule has 0 saturated carbocycles. The van der Waals surface area contributed by atoms with Gasteiger partial charge in [0.05, 0.1) is 0 Å². The van der Waals surface area contributed by atoms with Crippen LogP contribution in [0.1, 0.15) is 18.1 Å². The summed E-state index contributed by atoms with van der Waals surface area (Å²) in [5, 5.41) is 2.72.